The molecule has 0 aromatic heterocycles. The highest BCUT2D eigenvalue weighted by atomic mass is 16.3. The van der Waals surface area contributed by atoms with Crippen molar-refractivity contribution in [3.8, 4) is 0 Å². The minimum Gasteiger partial charge on any atom is -0.393 e. The van der Waals surface area contributed by atoms with Gasteiger partial charge < -0.3 is 15.5 Å². The number of hydrogen-bond acceptors (Lipinski definition) is 3. The maximum Gasteiger partial charge on any atom is 0.0972 e. The second-order valence-electron chi connectivity index (χ2n) is 4.74. The first-order valence-electron chi connectivity index (χ1n) is 5.65. The Morgan fingerprint density at radius 3 is 2.71 bits per heavy atom. The molecule has 0 aliphatic heterocycles. The summed E-state index contributed by atoms with van der Waals surface area (Å²) in [4.78, 5) is 0. The Labute approximate surface area is 86.5 Å². The van der Waals surface area contributed by atoms with Crippen molar-refractivity contribution in [2.24, 2.45) is 5.92 Å². The van der Waals surface area contributed by atoms with E-state index in [1.54, 1.807) is 6.92 Å². The van der Waals surface area contributed by atoms with E-state index in [1.165, 1.54) is 25.7 Å². The Kier molecular flexibility index (Phi) is 4.35. The van der Waals surface area contributed by atoms with E-state index in [0.29, 0.717) is 12.6 Å². The van der Waals surface area contributed by atoms with E-state index in [2.05, 4.69) is 12.2 Å². The molecule has 1 saturated carbocycles. The lowest BCUT2D eigenvalue weighted by molar-refractivity contribution is -0.000164. The Morgan fingerprint density at radius 1 is 1.43 bits per heavy atom. The van der Waals surface area contributed by atoms with Crippen LogP contribution < -0.4 is 5.32 Å². The van der Waals surface area contributed by atoms with E-state index in [0.717, 1.165) is 5.92 Å². The van der Waals surface area contributed by atoms with Gasteiger partial charge in [0.1, 0.15) is 0 Å². The van der Waals surface area contributed by atoms with Crippen molar-refractivity contribution in [3.05, 3.63) is 0 Å². The SMILES string of the molecule is CCC1CCCC1NCC(C)(O)CO. The summed E-state index contributed by atoms with van der Waals surface area (Å²) in [7, 11) is 0. The molecule has 3 atom stereocenters. The molecule has 1 fully saturated rings. The molecule has 0 amide bonds. The summed E-state index contributed by atoms with van der Waals surface area (Å²) in [5.41, 5.74) is -0.971. The predicted molar refractivity (Wildman–Crippen MR) is 57.1 cm³/mol. The number of rotatable bonds is 5. The average molecular weight is 201 g/mol. The summed E-state index contributed by atoms with van der Waals surface area (Å²) in [6, 6.07) is 0.540. The lowest BCUT2D eigenvalue weighted by atomic mass is 9.99. The highest BCUT2D eigenvalue weighted by Gasteiger charge is 2.27. The molecular formula is C11H23NO2. The molecule has 0 heterocycles. The molecule has 0 spiro atoms. The second-order valence-corrected chi connectivity index (χ2v) is 4.74. The fraction of sp³-hybridized carbons (Fsp3) is 1.00. The van der Waals surface area contributed by atoms with E-state index in [1.807, 2.05) is 0 Å². The molecule has 3 N–H and O–H groups in total. The zero-order valence-corrected chi connectivity index (χ0v) is 9.29. The Morgan fingerprint density at radius 2 is 2.14 bits per heavy atom. The van der Waals surface area contributed by atoms with Gasteiger partial charge in [-0.05, 0) is 25.7 Å². The molecular weight excluding hydrogens is 178 g/mol. The summed E-state index contributed by atoms with van der Waals surface area (Å²) < 4.78 is 0. The molecule has 3 unspecified atom stereocenters. The zero-order chi connectivity index (χ0) is 10.6. The first-order valence-corrected chi connectivity index (χ1v) is 5.65. The normalized spacial score (nSPS) is 31.7. The highest BCUT2D eigenvalue weighted by Crippen LogP contribution is 2.28. The Balaban J connectivity index is 2.30. The summed E-state index contributed by atoms with van der Waals surface area (Å²) in [6.07, 6.45) is 5.01. The van der Waals surface area contributed by atoms with Crippen LogP contribution in [0.25, 0.3) is 0 Å². The van der Waals surface area contributed by atoms with Crippen LogP contribution in [0, 0.1) is 5.92 Å². The van der Waals surface area contributed by atoms with Gasteiger partial charge in [-0.2, -0.15) is 0 Å². The summed E-state index contributed by atoms with van der Waals surface area (Å²) in [5.74, 6) is 0.754. The van der Waals surface area contributed by atoms with E-state index in [-0.39, 0.29) is 6.61 Å². The van der Waals surface area contributed by atoms with Gasteiger partial charge in [0.15, 0.2) is 0 Å². The molecule has 1 aliphatic carbocycles. The quantitative estimate of drug-likeness (QED) is 0.619. The average Bonchev–Trinajstić information content (AvgIpc) is 2.62. The van der Waals surface area contributed by atoms with Crippen LogP contribution in [0.1, 0.15) is 39.5 Å². The van der Waals surface area contributed by atoms with Gasteiger partial charge in [0, 0.05) is 12.6 Å². The number of aliphatic hydroxyl groups excluding tert-OH is 1. The van der Waals surface area contributed by atoms with Crippen LogP contribution in [0.2, 0.25) is 0 Å². The third-order valence-corrected chi connectivity index (χ3v) is 3.27. The van der Waals surface area contributed by atoms with Gasteiger partial charge in [-0.3, -0.25) is 0 Å². The van der Waals surface area contributed by atoms with Gasteiger partial charge in [0.25, 0.3) is 0 Å². The fourth-order valence-corrected chi connectivity index (χ4v) is 2.20. The largest absolute Gasteiger partial charge is 0.393 e. The monoisotopic (exact) mass is 201 g/mol. The topological polar surface area (TPSA) is 52.5 Å². The third kappa shape index (κ3) is 3.23. The van der Waals surface area contributed by atoms with Gasteiger partial charge in [0.2, 0.25) is 0 Å². The van der Waals surface area contributed by atoms with Gasteiger partial charge in [-0.1, -0.05) is 19.8 Å². The van der Waals surface area contributed by atoms with Gasteiger partial charge in [-0.15, -0.1) is 0 Å². The van der Waals surface area contributed by atoms with Crippen molar-refractivity contribution in [2.75, 3.05) is 13.2 Å². The van der Waals surface area contributed by atoms with E-state index < -0.39 is 5.60 Å². The second kappa shape index (κ2) is 5.10. The van der Waals surface area contributed by atoms with Crippen molar-refractivity contribution in [2.45, 2.75) is 51.2 Å². The van der Waals surface area contributed by atoms with E-state index in [4.69, 9.17) is 5.11 Å². The van der Waals surface area contributed by atoms with Crippen molar-refractivity contribution in [1.82, 2.24) is 5.32 Å². The molecule has 14 heavy (non-hydrogen) atoms. The van der Waals surface area contributed by atoms with Crippen LogP contribution in [0.15, 0.2) is 0 Å². The van der Waals surface area contributed by atoms with Crippen LogP contribution in [0.5, 0.6) is 0 Å². The van der Waals surface area contributed by atoms with Crippen LogP contribution in [-0.4, -0.2) is 35.0 Å². The minimum absolute atomic E-state index is 0.177. The van der Waals surface area contributed by atoms with Gasteiger partial charge >= 0.3 is 0 Å². The van der Waals surface area contributed by atoms with Gasteiger partial charge in [-0.25, -0.2) is 0 Å². The van der Waals surface area contributed by atoms with Crippen molar-refractivity contribution >= 4 is 0 Å². The lowest BCUT2D eigenvalue weighted by Crippen LogP contribution is -2.45. The molecule has 3 nitrogen and oxygen atoms in total. The molecule has 1 aliphatic rings. The van der Waals surface area contributed by atoms with Crippen LogP contribution >= 0.6 is 0 Å². The van der Waals surface area contributed by atoms with E-state index in [9.17, 15) is 5.11 Å². The van der Waals surface area contributed by atoms with Crippen molar-refractivity contribution < 1.29 is 10.2 Å². The smallest absolute Gasteiger partial charge is 0.0972 e. The van der Waals surface area contributed by atoms with E-state index >= 15 is 0 Å². The molecule has 0 aromatic carbocycles. The molecule has 0 radical (unpaired) electrons. The van der Waals surface area contributed by atoms with Crippen molar-refractivity contribution in [1.29, 1.82) is 0 Å². The molecule has 84 valence electrons. The maximum atomic E-state index is 9.63. The summed E-state index contributed by atoms with van der Waals surface area (Å²) in [5, 5.41) is 21.9. The van der Waals surface area contributed by atoms with Crippen LogP contribution in [-0.2, 0) is 0 Å². The molecule has 0 aromatic rings. The first kappa shape index (κ1) is 12.0. The fourth-order valence-electron chi connectivity index (χ4n) is 2.20. The lowest BCUT2D eigenvalue weighted by Gasteiger charge is -2.26. The Hall–Kier alpha value is -0.120. The number of hydrogen-bond donors (Lipinski definition) is 3. The number of aliphatic hydroxyl groups is 2. The first-order chi connectivity index (χ1) is 6.59. The zero-order valence-electron chi connectivity index (χ0n) is 9.29. The predicted octanol–water partition coefficient (Wildman–Crippen LogP) is 0.898. The standard InChI is InChI=1S/C11H23NO2/c1-3-9-5-4-6-10(9)12-7-11(2,14)8-13/h9-10,12-14H,3-8H2,1-2H3. The Bertz CT molecular complexity index is 171. The minimum atomic E-state index is -0.971. The highest BCUT2D eigenvalue weighted by molar-refractivity contribution is 4.85. The summed E-state index contributed by atoms with van der Waals surface area (Å²) in [6.45, 7) is 4.19. The number of nitrogens with one attached hydrogen (secondary N) is 1. The van der Waals surface area contributed by atoms with Crippen molar-refractivity contribution in [3.63, 3.8) is 0 Å². The molecule has 3 heteroatoms. The van der Waals surface area contributed by atoms with Gasteiger partial charge in [0.05, 0.1) is 12.2 Å². The summed E-state index contributed by atoms with van der Waals surface area (Å²) >= 11 is 0. The molecule has 1 rings (SSSR count). The third-order valence-electron chi connectivity index (χ3n) is 3.27. The molecule has 0 bridgehead atoms. The molecule has 0 saturated heterocycles. The van der Waals surface area contributed by atoms with Crippen LogP contribution in [0.4, 0.5) is 0 Å². The van der Waals surface area contributed by atoms with Crippen LogP contribution in [0.3, 0.4) is 0 Å². The maximum absolute atomic E-state index is 9.63.